The van der Waals surface area contributed by atoms with Gasteiger partial charge in [0.1, 0.15) is 11.6 Å². The van der Waals surface area contributed by atoms with Crippen LogP contribution in [0.5, 0.6) is 0 Å². The zero-order valence-corrected chi connectivity index (χ0v) is 9.33. The minimum atomic E-state index is -0.0634. The van der Waals surface area contributed by atoms with Gasteiger partial charge in [0.15, 0.2) is 4.77 Å². The van der Waals surface area contributed by atoms with Crippen LogP contribution in [0.1, 0.15) is 6.42 Å². The van der Waals surface area contributed by atoms with Gasteiger partial charge in [-0.1, -0.05) is 0 Å². The van der Waals surface area contributed by atoms with Gasteiger partial charge < -0.3 is 15.8 Å². The Balaban J connectivity index is 2.31. The molecule has 1 aliphatic heterocycles. The molecule has 16 heavy (non-hydrogen) atoms. The van der Waals surface area contributed by atoms with Crippen molar-refractivity contribution in [1.82, 2.24) is 9.97 Å². The predicted octanol–water partition coefficient (Wildman–Crippen LogP) is 0.0666. The van der Waals surface area contributed by atoms with Gasteiger partial charge in [-0.3, -0.25) is 9.69 Å². The number of anilines is 2. The molecule has 1 atom stereocenters. The van der Waals surface area contributed by atoms with E-state index in [2.05, 4.69) is 9.97 Å². The fourth-order valence-electron chi connectivity index (χ4n) is 1.73. The molecule has 0 spiro atoms. The van der Waals surface area contributed by atoms with Gasteiger partial charge in [-0.15, -0.1) is 0 Å². The predicted molar refractivity (Wildman–Crippen MR) is 61.4 cm³/mol. The summed E-state index contributed by atoms with van der Waals surface area (Å²) in [5, 5.41) is 9.01. The number of aromatic nitrogens is 2. The molecule has 0 aliphatic carbocycles. The number of rotatable bonds is 2. The van der Waals surface area contributed by atoms with Crippen LogP contribution in [0.25, 0.3) is 0 Å². The van der Waals surface area contributed by atoms with Crippen LogP contribution in [-0.4, -0.2) is 34.1 Å². The molecule has 0 bridgehead atoms. The van der Waals surface area contributed by atoms with Crippen LogP contribution in [0.4, 0.5) is 11.6 Å². The quantitative estimate of drug-likeness (QED) is 0.636. The molecule has 0 aromatic carbocycles. The minimum Gasteiger partial charge on any atom is -0.396 e. The van der Waals surface area contributed by atoms with E-state index >= 15 is 0 Å². The first-order valence-corrected chi connectivity index (χ1v) is 5.29. The Labute approximate surface area is 97.1 Å². The highest BCUT2D eigenvalue weighted by atomic mass is 32.1. The number of aliphatic hydroxyl groups is 1. The normalized spacial score (nSPS) is 20.4. The molecule has 1 amide bonds. The maximum atomic E-state index is 11.7. The second-order valence-electron chi connectivity index (χ2n) is 3.76. The summed E-state index contributed by atoms with van der Waals surface area (Å²) in [4.78, 5) is 19.9. The molecule has 1 fully saturated rings. The molecular weight excluding hydrogens is 228 g/mol. The second kappa shape index (κ2) is 4.18. The summed E-state index contributed by atoms with van der Waals surface area (Å²) in [5.74, 6) is 0.720. The van der Waals surface area contributed by atoms with E-state index < -0.39 is 0 Å². The highest BCUT2D eigenvalue weighted by molar-refractivity contribution is 7.71. The van der Waals surface area contributed by atoms with Crippen LogP contribution in [0.3, 0.4) is 0 Å². The monoisotopic (exact) mass is 240 g/mol. The highest BCUT2D eigenvalue weighted by Gasteiger charge is 2.30. The summed E-state index contributed by atoms with van der Waals surface area (Å²) < 4.78 is 0.246. The standard InChI is InChI=1S/C9H12N4O2S/c10-6-2-7(12-9(16)11-6)13-3-5(4-14)1-8(13)15/h2,5,14H,1,3-4H2,(H3,10,11,12,16). The maximum absolute atomic E-state index is 11.7. The summed E-state index contributed by atoms with van der Waals surface area (Å²) >= 11 is 4.88. The fourth-order valence-corrected chi connectivity index (χ4v) is 1.94. The lowest BCUT2D eigenvalue weighted by atomic mass is 10.1. The molecule has 0 radical (unpaired) electrons. The first-order chi connectivity index (χ1) is 7.60. The number of H-pyrrole nitrogens is 1. The number of nitrogen functional groups attached to an aromatic ring is 1. The van der Waals surface area contributed by atoms with Gasteiger partial charge >= 0.3 is 0 Å². The van der Waals surface area contributed by atoms with Crippen LogP contribution in [0.2, 0.25) is 0 Å². The van der Waals surface area contributed by atoms with Crippen molar-refractivity contribution in [2.45, 2.75) is 6.42 Å². The lowest BCUT2D eigenvalue weighted by molar-refractivity contribution is -0.117. The van der Waals surface area contributed by atoms with Gasteiger partial charge in [0.05, 0.1) is 0 Å². The number of carbonyl (C=O) groups is 1. The number of nitrogens with two attached hydrogens (primary N) is 1. The topological polar surface area (TPSA) is 95.2 Å². The Hall–Kier alpha value is -1.47. The Bertz CT molecular complexity index is 473. The third-order valence-electron chi connectivity index (χ3n) is 2.49. The molecular formula is C9H12N4O2S. The van der Waals surface area contributed by atoms with Crippen molar-refractivity contribution in [3.63, 3.8) is 0 Å². The van der Waals surface area contributed by atoms with Gasteiger partial charge in [-0.2, -0.15) is 0 Å². The zero-order chi connectivity index (χ0) is 11.7. The number of hydrogen-bond donors (Lipinski definition) is 3. The molecule has 1 saturated heterocycles. The Morgan fingerprint density at radius 1 is 1.75 bits per heavy atom. The van der Waals surface area contributed by atoms with E-state index in [1.165, 1.54) is 4.90 Å². The van der Waals surface area contributed by atoms with Crippen LogP contribution >= 0.6 is 12.2 Å². The minimum absolute atomic E-state index is 0.00257. The van der Waals surface area contributed by atoms with Gasteiger partial charge in [0.2, 0.25) is 5.91 Å². The fraction of sp³-hybridized carbons (Fsp3) is 0.444. The maximum Gasteiger partial charge on any atom is 0.228 e. The van der Waals surface area contributed by atoms with Crippen molar-refractivity contribution in [2.24, 2.45) is 5.92 Å². The van der Waals surface area contributed by atoms with Crippen molar-refractivity contribution in [2.75, 3.05) is 23.8 Å². The lowest BCUT2D eigenvalue weighted by Gasteiger charge is -2.15. The Kier molecular flexibility index (Phi) is 2.88. The number of carbonyl (C=O) groups excluding carboxylic acids is 1. The molecule has 1 aromatic heterocycles. The third kappa shape index (κ3) is 2.05. The van der Waals surface area contributed by atoms with Crippen molar-refractivity contribution in [3.8, 4) is 0 Å². The number of aromatic amines is 1. The largest absolute Gasteiger partial charge is 0.396 e. The number of aliphatic hydroxyl groups excluding tert-OH is 1. The molecule has 1 unspecified atom stereocenters. The lowest BCUT2D eigenvalue weighted by Crippen LogP contribution is -2.26. The molecule has 4 N–H and O–H groups in total. The average Bonchev–Trinajstić information content (AvgIpc) is 2.58. The van der Waals surface area contributed by atoms with Crippen LogP contribution < -0.4 is 10.6 Å². The van der Waals surface area contributed by atoms with E-state index in [0.29, 0.717) is 24.6 Å². The summed E-state index contributed by atoms with van der Waals surface area (Å²) in [5.41, 5.74) is 5.59. The summed E-state index contributed by atoms with van der Waals surface area (Å²) in [6.07, 6.45) is 0.337. The molecule has 1 aliphatic rings. The van der Waals surface area contributed by atoms with Crippen molar-refractivity contribution in [1.29, 1.82) is 0 Å². The number of nitrogens with one attached hydrogen (secondary N) is 1. The van der Waals surface area contributed by atoms with Gasteiger partial charge in [-0.25, -0.2) is 4.98 Å². The smallest absolute Gasteiger partial charge is 0.228 e. The third-order valence-corrected chi connectivity index (χ3v) is 2.69. The van der Waals surface area contributed by atoms with Crippen LogP contribution in [0, 0.1) is 10.7 Å². The highest BCUT2D eigenvalue weighted by Crippen LogP contribution is 2.23. The number of nitrogens with zero attached hydrogens (tertiary/aromatic N) is 2. The molecule has 1 aromatic rings. The van der Waals surface area contributed by atoms with E-state index in [9.17, 15) is 4.79 Å². The summed E-state index contributed by atoms with van der Waals surface area (Å²) in [6, 6.07) is 1.56. The first-order valence-electron chi connectivity index (χ1n) is 4.88. The molecule has 7 heteroatoms. The molecule has 86 valence electrons. The second-order valence-corrected chi connectivity index (χ2v) is 4.14. The summed E-state index contributed by atoms with van der Waals surface area (Å²) in [7, 11) is 0. The van der Waals surface area contributed by atoms with E-state index in [0.717, 1.165) is 0 Å². The molecule has 2 rings (SSSR count). The van der Waals surface area contributed by atoms with Crippen LogP contribution in [0.15, 0.2) is 6.07 Å². The summed E-state index contributed by atoms with van der Waals surface area (Å²) in [6.45, 7) is 0.456. The Morgan fingerprint density at radius 2 is 2.50 bits per heavy atom. The van der Waals surface area contributed by atoms with Gasteiger partial charge in [0.25, 0.3) is 0 Å². The first kappa shape index (κ1) is 11.0. The number of hydrogen-bond acceptors (Lipinski definition) is 5. The zero-order valence-electron chi connectivity index (χ0n) is 8.51. The van der Waals surface area contributed by atoms with E-state index in [-0.39, 0.29) is 23.2 Å². The molecule has 6 nitrogen and oxygen atoms in total. The number of amides is 1. The Morgan fingerprint density at radius 3 is 3.06 bits per heavy atom. The molecule has 0 saturated carbocycles. The van der Waals surface area contributed by atoms with Gasteiger partial charge in [0, 0.05) is 31.6 Å². The SMILES string of the molecule is Nc1cc(N2CC(CO)CC2=O)nc(=S)[nH]1. The molecule has 2 heterocycles. The van der Waals surface area contributed by atoms with Crippen molar-refractivity contribution < 1.29 is 9.90 Å². The van der Waals surface area contributed by atoms with E-state index in [4.69, 9.17) is 23.1 Å². The van der Waals surface area contributed by atoms with E-state index in [1.807, 2.05) is 0 Å². The van der Waals surface area contributed by atoms with Crippen LogP contribution in [-0.2, 0) is 4.79 Å². The van der Waals surface area contributed by atoms with Crippen molar-refractivity contribution >= 4 is 29.8 Å². The average molecular weight is 240 g/mol. The van der Waals surface area contributed by atoms with E-state index in [1.54, 1.807) is 6.07 Å². The van der Waals surface area contributed by atoms with Crippen molar-refractivity contribution in [3.05, 3.63) is 10.8 Å². The van der Waals surface area contributed by atoms with Gasteiger partial charge in [-0.05, 0) is 12.2 Å².